The number of carbonyl (C=O) groups is 1. The van der Waals surface area contributed by atoms with Crippen molar-refractivity contribution in [2.24, 2.45) is 0 Å². The number of H-pyrrole nitrogens is 1. The van der Waals surface area contributed by atoms with Gasteiger partial charge in [-0.2, -0.15) is 0 Å². The maximum absolute atomic E-state index is 10.9. The Bertz CT molecular complexity index is 824. The molecule has 3 rings (SSSR count). The Balaban J connectivity index is 2.10. The van der Waals surface area contributed by atoms with Crippen molar-refractivity contribution in [3.8, 4) is 28.5 Å². The van der Waals surface area contributed by atoms with E-state index in [0.29, 0.717) is 22.9 Å². The number of nitrogens with one attached hydrogen (secondary N) is 1. The monoisotopic (exact) mass is 317 g/mol. The van der Waals surface area contributed by atoms with E-state index in [-0.39, 0.29) is 5.69 Å². The number of aromatic nitrogens is 3. The van der Waals surface area contributed by atoms with Crippen LogP contribution in [-0.4, -0.2) is 47.0 Å². The van der Waals surface area contributed by atoms with E-state index in [1.165, 1.54) is 13.3 Å². The number of rotatable bonds is 5. The molecule has 2 heterocycles. The van der Waals surface area contributed by atoms with Gasteiger partial charge in [0, 0.05) is 11.6 Å². The van der Waals surface area contributed by atoms with Crippen LogP contribution in [0.3, 0.4) is 0 Å². The van der Waals surface area contributed by atoms with Gasteiger partial charge >= 0.3 is 5.97 Å². The highest BCUT2D eigenvalue weighted by Gasteiger charge is 2.16. The summed E-state index contributed by atoms with van der Waals surface area (Å²) in [6.45, 7) is 0. The van der Waals surface area contributed by atoms with E-state index in [1.54, 1.807) is 36.9 Å². The van der Waals surface area contributed by atoms with Gasteiger partial charge < -0.3 is 19.3 Å². The summed E-state index contributed by atoms with van der Waals surface area (Å²) in [5.74, 6) is 0.486. The quantitative estimate of drug-likeness (QED) is 0.747. The minimum atomic E-state index is -1.07. The Hall–Kier alpha value is -3.16. The van der Waals surface area contributed by atoms with Crippen LogP contribution in [0.4, 0.5) is 0 Å². The number of aromatic carboxylic acids is 1. The molecule has 2 N–H and O–H groups in total. The lowest BCUT2D eigenvalue weighted by molar-refractivity contribution is 0.0691. The fourth-order valence-electron chi connectivity index (χ4n) is 2.36. The van der Waals surface area contributed by atoms with Gasteiger partial charge in [-0.15, -0.1) is 0 Å². The van der Waals surface area contributed by atoms with Gasteiger partial charge in [-0.05, 0) is 12.1 Å². The lowest BCUT2D eigenvalue weighted by Gasteiger charge is -2.13. The predicted octanol–water partition coefficient (Wildman–Crippen LogP) is 2.05. The number of fused-ring (bicyclic) bond motifs is 1. The minimum absolute atomic E-state index is 0.0207. The molecular weight excluding hydrogens is 302 g/mol. The third-order valence-corrected chi connectivity index (χ3v) is 3.44. The van der Waals surface area contributed by atoms with Crippen LogP contribution >= 0.6 is 0 Å². The molecule has 120 valence electrons. The zero-order valence-corrected chi connectivity index (χ0v) is 12.8. The van der Waals surface area contributed by atoms with Gasteiger partial charge in [0.2, 0.25) is 5.75 Å². The third kappa shape index (κ3) is 2.44. The minimum Gasteiger partial charge on any atom is -0.493 e. The summed E-state index contributed by atoms with van der Waals surface area (Å²) in [7, 11) is 4.62. The molecule has 2 aromatic heterocycles. The lowest BCUT2D eigenvalue weighted by atomic mass is 10.1. The molecule has 0 saturated carbocycles. The highest BCUT2D eigenvalue weighted by molar-refractivity contribution is 5.86. The van der Waals surface area contributed by atoms with E-state index in [2.05, 4.69) is 10.1 Å². The van der Waals surface area contributed by atoms with E-state index in [1.807, 2.05) is 0 Å². The van der Waals surface area contributed by atoms with Gasteiger partial charge in [-0.25, -0.2) is 14.3 Å². The molecule has 0 aliphatic heterocycles. The largest absolute Gasteiger partial charge is 0.493 e. The molecular formula is C15H15N3O5. The number of imidazole rings is 1. The molecule has 8 nitrogen and oxygen atoms in total. The molecule has 23 heavy (non-hydrogen) atoms. The average Bonchev–Trinajstić information content (AvgIpc) is 3.12. The maximum atomic E-state index is 10.9. The normalized spacial score (nSPS) is 10.7. The molecule has 0 radical (unpaired) electrons. The second kappa shape index (κ2) is 5.56. The number of nitrogens with zero attached hydrogens (tertiary/aromatic N) is 2. The number of hydrogen-bond acceptors (Lipinski definition) is 5. The van der Waals surface area contributed by atoms with E-state index in [4.69, 9.17) is 19.3 Å². The Morgan fingerprint density at radius 1 is 1.13 bits per heavy atom. The molecule has 8 heteroatoms. The van der Waals surface area contributed by atoms with Crippen LogP contribution in [0.15, 0.2) is 24.4 Å². The Morgan fingerprint density at radius 2 is 1.78 bits per heavy atom. The molecule has 3 aromatic rings. The average molecular weight is 317 g/mol. The van der Waals surface area contributed by atoms with Crippen molar-refractivity contribution >= 4 is 11.6 Å². The number of carboxylic acids is 1. The number of benzene rings is 1. The molecule has 0 saturated heterocycles. The number of methoxy groups -OCH3 is 3. The topological polar surface area (TPSA) is 98.1 Å². The van der Waals surface area contributed by atoms with Crippen LogP contribution in [0.5, 0.6) is 17.2 Å². The summed E-state index contributed by atoms with van der Waals surface area (Å²) >= 11 is 0. The van der Waals surface area contributed by atoms with Crippen LogP contribution < -0.4 is 14.2 Å². The van der Waals surface area contributed by atoms with E-state index < -0.39 is 5.97 Å². The lowest BCUT2D eigenvalue weighted by Crippen LogP contribution is -1.96. The van der Waals surface area contributed by atoms with Crippen LogP contribution in [0.25, 0.3) is 16.9 Å². The van der Waals surface area contributed by atoms with Crippen LogP contribution in [-0.2, 0) is 0 Å². The molecule has 0 unspecified atom stereocenters. The van der Waals surface area contributed by atoms with Crippen molar-refractivity contribution in [2.45, 2.75) is 0 Å². The van der Waals surface area contributed by atoms with E-state index in [0.717, 1.165) is 11.3 Å². The Morgan fingerprint density at radius 3 is 2.26 bits per heavy atom. The van der Waals surface area contributed by atoms with Crippen molar-refractivity contribution in [3.05, 3.63) is 30.1 Å². The zero-order chi connectivity index (χ0) is 16.6. The summed E-state index contributed by atoms with van der Waals surface area (Å²) in [4.78, 5) is 14.9. The first-order valence-electron chi connectivity index (χ1n) is 6.69. The van der Waals surface area contributed by atoms with Crippen molar-refractivity contribution in [2.75, 3.05) is 21.3 Å². The van der Waals surface area contributed by atoms with Gasteiger partial charge in [0.25, 0.3) is 0 Å². The fourth-order valence-corrected chi connectivity index (χ4v) is 2.36. The van der Waals surface area contributed by atoms with Gasteiger partial charge in [-0.1, -0.05) is 0 Å². The van der Waals surface area contributed by atoms with Gasteiger partial charge in [-0.3, -0.25) is 5.10 Å². The van der Waals surface area contributed by atoms with Crippen molar-refractivity contribution in [1.82, 2.24) is 14.6 Å². The highest BCUT2D eigenvalue weighted by atomic mass is 16.5. The molecule has 0 fully saturated rings. The highest BCUT2D eigenvalue weighted by Crippen LogP contribution is 2.40. The standard InChI is InChI=1S/C15H15N3O5/c1-21-11-4-8(5-12(22-2)14(11)23-3)9-6-13-16-10(15(19)20)7-18(13)17-9/h4-7,17H,1-3H3,(H,19,20). The van der Waals surface area contributed by atoms with Crippen molar-refractivity contribution in [3.63, 3.8) is 0 Å². The Labute approximate surface area is 131 Å². The molecule has 0 aliphatic carbocycles. The van der Waals surface area contributed by atoms with Crippen molar-refractivity contribution < 1.29 is 24.1 Å². The van der Waals surface area contributed by atoms with E-state index >= 15 is 0 Å². The van der Waals surface area contributed by atoms with Crippen LogP contribution in [0.1, 0.15) is 10.5 Å². The second-order valence-electron chi connectivity index (χ2n) is 4.74. The third-order valence-electron chi connectivity index (χ3n) is 3.44. The molecule has 0 aliphatic rings. The molecule has 0 bridgehead atoms. The molecule has 1 aromatic carbocycles. The van der Waals surface area contributed by atoms with Gasteiger partial charge in [0.05, 0.1) is 33.2 Å². The summed E-state index contributed by atoms with van der Waals surface area (Å²) in [5, 5.41) is 12.0. The van der Waals surface area contributed by atoms with Crippen molar-refractivity contribution in [1.29, 1.82) is 0 Å². The van der Waals surface area contributed by atoms with Gasteiger partial charge in [0.1, 0.15) is 0 Å². The summed E-state index contributed by atoms with van der Waals surface area (Å²) < 4.78 is 17.5. The smallest absolute Gasteiger partial charge is 0.356 e. The summed E-state index contributed by atoms with van der Waals surface area (Å²) in [6.07, 6.45) is 1.42. The number of hydrogen-bond donors (Lipinski definition) is 2. The number of aromatic amines is 1. The first kappa shape index (κ1) is 14.8. The SMILES string of the molecule is COc1cc(-c2cc3nc(C(=O)O)cn3[nH]2)cc(OC)c1OC. The molecule has 0 amide bonds. The zero-order valence-electron chi connectivity index (χ0n) is 12.8. The van der Waals surface area contributed by atoms with Gasteiger partial charge in [0.15, 0.2) is 22.8 Å². The molecule has 0 atom stereocenters. The number of ether oxygens (including phenoxy) is 3. The fraction of sp³-hybridized carbons (Fsp3) is 0.200. The summed E-state index contributed by atoms with van der Waals surface area (Å²) in [5.41, 5.74) is 2.02. The predicted molar refractivity (Wildman–Crippen MR) is 81.6 cm³/mol. The number of carboxylic acid groups (broad SMARTS) is 1. The summed E-state index contributed by atoms with van der Waals surface area (Å²) in [6, 6.07) is 5.34. The van der Waals surface area contributed by atoms with E-state index in [9.17, 15) is 4.79 Å². The maximum Gasteiger partial charge on any atom is 0.356 e. The second-order valence-corrected chi connectivity index (χ2v) is 4.74. The first-order chi connectivity index (χ1) is 11.1. The Kier molecular flexibility index (Phi) is 3.57. The molecule has 0 spiro atoms. The van der Waals surface area contributed by atoms with Crippen LogP contribution in [0, 0.1) is 0 Å². The first-order valence-corrected chi connectivity index (χ1v) is 6.69. The van der Waals surface area contributed by atoms with Crippen LogP contribution in [0.2, 0.25) is 0 Å².